The van der Waals surface area contributed by atoms with Crippen LogP contribution in [0.2, 0.25) is 0 Å². The number of hydrogen-bond donors (Lipinski definition) is 2. The molecule has 21 heavy (non-hydrogen) atoms. The summed E-state index contributed by atoms with van der Waals surface area (Å²) in [6.07, 6.45) is 0. The summed E-state index contributed by atoms with van der Waals surface area (Å²) in [6, 6.07) is 5.76. The Morgan fingerprint density at radius 1 is 1.24 bits per heavy atom. The summed E-state index contributed by atoms with van der Waals surface area (Å²) in [4.78, 5) is 11.4. The normalized spacial score (nSPS) is 10.5. The number of amides is 1. The molecule has 0 unspecified atom stereocenters. The molecule has 1 aromatic heterocycles. The van der Waals surface area contributed by atoms with Crippen molar-refractivity contribution in [2.24, 2.45) is 5.84 Å². The maximum Gasteiger partial charge on any atom is 0.300 e. The molecule has 0 aliphatic carbocycles. The molecule has 3 N–H and O–H groups in total. The van der Waals surface area contributed by atoms with Gasteiger partial charge in [-0.3, -0.25) is 10.2 Å². The van der Waals surface area contributed by atoms with Crippen LogP contribution >= 0.6 is 0 Å². The fourth-order valence-corrected chi connectivity index (χ4v) is 2.14. The van der Waals surface area contributed by atoms with Crippen LogP contribution in [0, 0.1) is 27.7 Å². The second-order valence-corrected chi connectivity index (χ2v) is 5.11. The maximum absolute atomic E-state index is 11.4. The van der Waals surface area contributed by atoms with Crippen molar-refractivity contribution in [1.82, 2.24) is 5.43 Å². The summed E-state index contributed by atoms with van der Waals surface area (Å²) >= 11 is 0. The summed E-state index contributed by atoms with van der Waals surface area (Å²) in [5, 5.41) is 0. The Hall–Kier alpha value is -2.27. The number of nitrogen functional groups attached to an aromatic ring is 1. The molecule has 2 rings (SSSR count). The molecule has 2 aromatic rings. The number of rotatable bonds is 4. The molecule has 1 aromatic carbocycles. The number of aryl methyl sites for hydroxylation is 3. The number of nitrogens with one attached hydrogen (secondary N) is 1. The van der Waals surface area contributed by atoms with E-state index in [1.807, 2.05) is 25.3 Å². The standard InChI is InChI=1S/C16H20N2O3/c1-9-5-6-10(2)15(11(9)3)20-8-13-7-14(16(19)18-17)21-12(13)4/h5-7H,8,17H2,1-4H3,(H,18,19). The van der Waals surface area contributed by atoms with Crippen LogP contribution in [-0.2, 0) is 6.61 Å². The van der Waals surface area contributed by atoms with Crippen molar-refractivity contribution in [3.8, 4) is 5.75 Å². The first-order valence-electron chi connectivity index (χ1n) is 6.74. The summed E-state index contributed by atoms with van der Waals surface area (Å²) in [6.45, 7) is 8.24. The number of ether oxygens (including phenoxy) is 1. The first-order chi connectivity index (χ1) is 9.93. The van der Waals surface area contributed by atoms with Crippen molar-refractivity contribution in [1.29, 1.82) is 0 Å². The number of furan rings is 1. The number of hydrogen-bond acceptors (Lipinski definition) is 4. The van der Waals surface area contributed by atoms with E-state index >= 15 is 0 Å². The lowest BCUT2D eigenvalue weighted by atomic mass is 10.1. The highest BCUT2D eigenvalue weighted by atomic mass is 16.5. The molecule has 0 bridgehead atoms. The second kappa shape index (κ2) is 6.01. The van der Waals surface area contributed by atoms with Crippen LogP contribution < -0.4 is 16.0 Å². The maximum atomic E-state index is 11.4. The minimum atomic E-state index is -0.452. The topological polar surface area (TPSA) is 77.5 Å². The van der Waals surface area contributed by atoms with Gasteiger partial charge in [0.25, 0.3) is 0 Å². The Balaban J connectivity index is 2.19. The van der Waals surface area contributed by atoms with Gasteiger partial charge in [0.05, 0.1) is 0 Å². The number of hydrazine groups is 1. The monoisotopic (exact) mass is 288 g/mol. The fraction of sp³-hybridized carbons (Fsp3) is 0.312. The fourth-order valence-electron chi connectivity index (χ4n) is 2.14. The van der Waals surface area contributed by atoms with Crippen LogP contribution in [0.25, 0.3) is 0 Å². The number of benzene rings is 1. The van der Waals surface area contributed by atoms with Gasteiger partial charge >= 0.3 is 5.91 Å². The quantitative estimate of drug-likeness (QED) is 0.515. The van der Waals surface area contributed by atoms with E-state index in [4.69, 9.17) is 15.0 Å². The summed E-state index contributed by atoms with van der Waals surface area (Å²) in [7, 11) is 0. The van der Waals surface area contributed by atoms with E-state index < -0.39 is 5.91 Å². The zero-order valence-corrected chi connectivity index (χ0v) is 12.7. The molecule has 0 saturated carbocycles. The van der Waals surface area contributed by atoms with E-state index in [0.717, 1.165) is 22.4 Å². The third-order valence-electron chi connectivity index (χ3n) is 3.62. The average Bonchev–Trinajstić information content (AvgIpc) is 2.83. The number of nitrogens with two attached hydrogens (primary N) is 1. The van der Waals surface area contributed by atoms with Crippen LogP contribution in [0.4, 0.5) is 0 Å². The lowest BCUT2D eigenvalue weighted by Crippen LogP contribution is -2.29. The van der Waals surface area contributed by atoms with E-state index in [9.17, 15) is 4.79 Å². The predicted octanol–water partition coefficient (Wildman–Crippen LogP) is 2.70. The molecule has 0 atom stereocenters. The van der Waals surface area contributed by atoms with Gasteiger partial charge in [0.15, 0.2) is 5.76 Å². The van der Waals surface area contributed by atoms with Crippen molar-refractivity contribution >= 4 is 5.91 Å². The molecule has 0 aliphatic heterocycles. The minimum Gasteiger partial charge on any atom is -0.488 e. The van der Waals surface area contributed by atoms with E-state index in [1.165, 1.54) is 5.56 Å². The van der Waals surface area contributed by atoms with Gasteiger partial charge in [-0.2, -0.15) is 0 Å². The third-order valence-corrected chi connectivity index (χ3v) is 3.62. The van der Waals surface area contributed by atoms with E-state index in [-0.39, 0.29) is 5.76 Å². The minimum absolute atomic E-state index is 0.186. The van der Waals surface area contributed by atoms with E-state index in [0.29, 0.717) is 12.4 Å². The van der Waals surface area contributed by atoms with Gasteiger partial charge in [-0.05, 0) is 50.5 Å². The summed E-state index contributed by atoms with van der Waals surface area (Å²) in [5.41, 5.74) is 6.26. The zero-order valence-electron chi connectivity index (χ0n) is 12.7. The van der Waals surface area contributed by atoms with Gasteiger partial charge < -0.3 is 9.15 Å². The Kier molecular flexibility index (Phi) is 4.33. The number of carbonyl (C=O) groups excluding carboxylic acids is 1. The molecular weight excluding hydrogens is 268 g/mol. The molecule has 0 fully saturated rings. The lowest BCUT2D eigenvalue weighted by Gasteiger charge is -2.13. The van der Waals surface area contributed by atoms with Crippen molar-refractivity contribution in [2.45, 2.75) is 34.3 Å². The van der Waals surface area contributed by atoms with E-state index in [1.54, 1.807) is 13.0 Å². The second-order valence-electron chi connectivity index (χ2n) is 5.11. The van der Waals surface area contributed by atoms with Gasteiger partial charge in [-0.15, -0.1) is 0 Å². The van der Waals surface area contributed by atoms with Crippen LogP contribution in [0.3, 0.4) is 0 Å². The smallest absolute Gasteiger partial charge is 0.300 e. The highest BCUT2D eigenvalue weighted by Gasteiger charge is 2.14. The van der Waals surface area contributed by atoms with Gasteiger partial charge in [0.1, 0.15) is 18.1 Å². The average molecular weight is 288 g/mol. The predicted molar refractivity (Wildman–Crippen MR) is 80.1 cm³/mol. The first-order valence-corrected chi connectivity index (χ1v) is 6.74. The van der Waals surface area contributed by atoms with Crippen molar-refractivity contribution < 1.29 is 13.9 Å². The Morgan fingerprint density at radius 3 is 2.57 bits per heavy atom. The SMILES string of the molecule is Cc1ccc(C)c(OCc2cc(C(=O)NN)oc2C)c1C. The van der Waals surface area contributed by atoms with Gasteiger partial charge in [-0.25, -0.2) is 5.84 Å². The van der Waals surface area contributed by atoms with Crippen LogP contribution in [-0.4, -0.2) is 5.91 Å². The first kappa shape index (κ1) is 15.1. The molecule has 5 heteroatoms. The van der Waals surface area contributed by atoms with Crippen LogP contribution in [0.5, 0.6) is 5.75 Å². The largest absolute Gasteiger partial charge is 0.488 e. The molecule has 1 heterocycles. The van der Waals surface area contributed by atoms with Crippen molar-refractivity contribution in [3.63, 3.8) is 0 Å². The molecule has 0 radical (unpaired) electrons. The Bertz CT molecular complexity index is 674. The highest BCUT2D eigenvalue weighted by molar-refractivity contribution is 5.91. The van der Waals surface area contributed by atoms with Crippen molar-refractivity contribution in [2.75, 3.05) is 0 Å². The van der Waals surface area contributed by atoms with Gasteiger partial charge in [-0.1, -0.05) is 12.1 Å². The van der Waals surface area contributed by atoms with Crippen LogP contribution in [0.15, 0.2) is 22.6 Å². The molecule has 1 amide bonds. The molecule has 0 saturated heterocycles. The molecule has 5 nitrogen and oxygen atoms in total. The summed E-state index contributed by atoms with van der Waals surface area (Å²) in [5.74, 6) is 6.35. The highest BCUT2D eigenvalue weighted by Crippen LogP contribution is 2.27. The third kappa shape index (κ3) is 3.08. The molecule has 112 valence electrons. The Labute approximate surface area is 124 Å². The van der Waals surface area contributed by atoms with Crippen molar-refractivity contribution in [3.05, 3.63) is 52.0 Å². The molecule has 0 spiro atoms. The zero-order chi connectivity index (χ0) is 15.6. The number of carbonyl (C=O) groups is 1. The molecule has 0 aliphatic rings. The van der Waals surface area contributed by atoms with Gasteiger partial charge in [0, 0.05) is 5.56 Å². The molecular formula is C16H20N2O3. The van der Waals surface area contributed by atoms with Crippen LogP contribution in [0.1, 0.15) is 38.6 Å². The van der Waals surface area contributed by atoms with E-state index in [2.05, 4.69) is 13.0 Å². The van der Waals surface area contributed by atoms with Gasteiger partial charge in [0.2, 0.25) is 0 Å². The Morgan fingerprint density at radius 2 is 1.90 bits per heavy atom. The lowest BCUT2D eigenvalue weighted by molar-refractivity contribution is 0.0924. The summed E-state index contributed by atoms with van der Waals surface area (Å²) < 4.78 is 11.3.